The number of halogens is 2. The minimum absolute atomic E-state index is 0.344. The second-order valence-corrected chi connectivity index (χ2v) is 7.98. The molecule has 0 unspecified atom stereocenters. The maximum Gasteiger partial charge on any atom is 0.387 e. The van der Waals surface area contributed by atoms with Crippen LogP contribution in [-0.4, -0.2) is 6.61 Å². The largest absolute Gasteiger partial charge is 0.434 e. The molecule has 1 saturated carbocycles. The van der Waals surface area contributed by atoms with Gasteiger partial charge in [0.15, 0.2) is 0 Å². The van der Waals surface area contributed by atoms with E-state index in [2.05, 4.69) is 19.1 Å². The van der Waals surface area contributed by atoms with Crippen molar-refractivity contribution >= 4 is 10.8 Å². The summed E-state index contributed by atoms with van der Waals surface area (Å²) in [5.41, 5.74) is 2.19. The van der Waals surface area contributed by atoms with Crippen LogP contribution in [0.4, 0.5) is 8.78 Å². The van der Waals surface area contributed by atoms with Crippen molar-refractivity contribution in [3.05, 3.63) is 41.5 Å². The number of alkyl halides is 2. The Morgan fingerprint density at radius 1 is 1.00 bits per heavy atom. The fourth-order valence-electron chi connectivity index (χ4n) is 4.59. The van der Waals surface area contributed by atoms with Crippen LogP contribution in [0, 0.1) is 5.92 Å². The molecular formula is C24H32F2O. The van der Waals surface area contributed by atoms with E-state index in [1.807, 2.05) is 25.1 Å². The SMILES string of the molecule is CCCCCC1CCC(c2ccc3c(OC(F)F)c(CC)ccc3c2)CC1. The van der Waals surface area contributed by atoms with Crippen LogP contribution in [-0.2, 0) is 6.42 Å². The highest BCUT2D eigenvalue weighted by Gasteiger charge is 2.22. The lowest BCUT2D eigenvalue weighted by Crippen LogP contribution is -2.13. The molecule has 2 aromatic rings. The molecule has 1 fully saturated rings. The number of unbranched alkanes of at least 4 members (excludes halogenated alkanes) is 2. The molecule has 1 aliphatic rings. The predicted octanol–water partition coefficient (Wildman–Crippen LogP) is 7.86. The van der Waals surface area contributed by atoms with Crippen LogP contribution in [0.15, 0.2) is 30.3 Å². The van der Waals surface area contributed by atoms with E-state index < -0.39 is 6.61 Å². The van der Waals surface area contributed by atoms with Crippen molar-refractivity contribution in [3.8, 4) is 5.75 Å². The fourth-order valence-corrected chi connectivity index (χ4v) is 4.59. The molecule has 0 atom stereocenters. The lowest BCUT2D eigenvalue weighted by atomic mass is 9.76. The van der Waals surface area contributed by atoms with Crippen molar-refractivity contribution in [1.29, 1.82) is 0 Å². The van der Waals surface area contributed by atoms with Gasteiger partial charge in [0.25, 0.3) is 0 Å². The van der Waals surface area contributed by atoms with E-state index in [-0.39, 0.29) is 0 Å². The number of hydrogen-bond donors (Lipinski definition) is 0. The van der Waals surface area contributed by atoms with Crippen molar-refractivity contribution in [2.75, 3.05) is 0 Å². The van der Waals surface area contributed by atoms with E-state index in [0.717, 1.165) is 22.3 Å². The predicted molar refractivity (Wildman–Crippen MR) is 109 cm³/mol. The summed E-state index contributed by atoms with van der Waals surface area (Å²) >= 11 is 0. The van der Waals surface area contributed by atoms with Gasteiger partial charge < -0.3 is 4.74 Å². The zero-order valence-corrected chi connectivity index (χ0v) is 16.6. The Bertz CT molecular complexity index is 732. The van der Waals surface area contributed by atoms with Crippen LogP contribution in [0.5, 0.6) is 5.75 Å². The van der Waals surface area contributed by atoms with Gasteiger partial charge in [0, 0.05) is 5.39 Å². The Morgan fingerprint density at radius 3 is 2.44 bits per heavy atom. The van der Waals surface area contributed by atoms with Crippen LogP contribution in [0.2, 0.25) is 0 Å². The summed E-state index contributed by atoms with van der Waals surface area (Å²) < 4.78 is 30.6. The molecular weight excluding hydrogens is 342 g/mol. The third-order valence-corrected chi connectivity index (χ3v) is 6.20. The maximum atomic E-state index is 12.9. The van der Waals surface area contributed by atoms with Gasteiger partial charge in [0.05, 0.1) is 0 Å². The quantitative estimate of drug-likeness (QED) is 0.427. The monoisotopic (exact) mass is 374 g/mol. The van der Waals surface area contributed by atoms with Gasteiger partial charge in [0.2, 0.25) is 0 Å². The Kier molecular flexibility index (Phi) is 7.09. The molecule has 2 aromatic carbocycles. The summed E-state index contributed by atoms with van der Waals surface area (Å²) in [5, 5.41) is 1.80. The molecule has 0 aromatic heterocycles. The van der Waals surface area contributed by atoms with E-state index in [0.29, 0.717) is 18.1 Å². The molecule has 1 aliphatic carbocycles. The van der Waals surface area contributed by atoms with Crippen molar-refractivity contribution in [1.82, 2.24) is 0 Å². The first-order chi connectivity index (χ1) is 13.1. The van der Waals surface area contributed by atoms with Gasteiger partial charge in [-0.15, -0.1) is 0 Å². The third kappa shape index (κ3) is 5.00. The van der Waals surface area contributed by atoms with Crippen molar-refractivity contribution in [2.45, 2.75) is 84.2 Å². The molecule has 0 bridgehead atoms. The Hall–Kier alpha value is -1.64. The number of aryl methyl sites for hydroxylation is 1. The average Bonchev–Trinajstić information content (AvgIpc) is 2.68. The number of rotatable bonds is 8. The highest BCUT2D eigenvalue weighted by Crippen LogP contribution is 2.40. The van der Waals surface area contributed by atoms with Gasteiger partial charge in [0.1, 0.15) is 5.75 Å². The summed E-state index contributed by atoms with van der Waals surface area (Å²) in [6, 6.07) is 10.3. The lowest BCUT2D eigenvalue weighted by molar-refractivity contribution is -0.0493. The van der Waals surface area contributed by atoms with Crippen LogP contribution < -0.4 is 4.74 Å². The second kappa shape index (κ2) is 9.52. The minimum Gasteiger partial charge on any atom is -0.434 e. The first-order valence-electron chi connectivity index (χ1n) is 10.6. The van der Waals surface area contributed by atoms with Gasteiger partial charge in [-0.3, -0.25) is 0 Å². The number of benzene rings is 2. The van der Waals surface area contributed by atoms with Gasteiger partial charge in [-0.1, -0.05) is 69.9 Å². The second-order valence-electron chi connectivity index (χ2n) is 7.98. The molecule has 0 aliphatic heterocycles. The number of ether oxygens (including phenoxy) is 1. The van der Waals surface area contributed by atoms with Crippen LogP contribution >= 0.6 is 0 Å². The number of hydrogen-bond acceptors (Lipinski definition) is 1. The smallest absolute Gasteiger partial charge is 0.387 e. The molecule has 27 heavy (non-hydrogen) atoms. The highest BCUT2D eigenvalue weighted by atomic mass is 19.3. The Balaban J connectivity index is 1.74. The number of fused-ring (bicyclic) bond motifs is 1. The van der Waals surface area contributed by atoms with E-state index in [1.165, 1.54) is 56.9 Å². The molecule has 3 heteroatoms. The van der Waals surface area contributed by atoms with E-state index in [1.54, 1.807) is 0 Å². The molecule has 0 heterocycles. The van der Waals surface area contributed by atoms with Crippen molar-refractivity contribution in [2.24, 2.45) is 5.92 Å². The summed E-state index contributed by atoms with van der Waals surface area (Å²) in [4.78, 5) is 0. The first-order valence-corrected chi connectivity index (χ1v) is 10.6. The van der Waals surface area contributed by atoms with Crippen LogP contribution in [0.3, 0.4) is 0 Å². The van der Waals surface area contributed by atoms with E-state index in [9.17, 15) is 8.78 Å². The topological polar surface area (TPSA) is 9.23 Å². The molecule has 148 valence electrons. The van der Waals surface area contributed by atoms with Gasteiger partial charge in [-0.25, -0.2) is 0 Å². The third-order valence-electron chi connectivity index (χ3n) is 6.20. The maximum absolute atomic E-state index is 12.9. The Labute approximate surface area is 162 Å². The normalized spacial score (nSPS) is 20.3. The fraction of sp³-hybridized carbons (Fsp3) is 0.583. The zero-order chi connectivity index (χ0) is 19.2. The molecule has 0 amide bonds. The summed E-state index contributed by atoms with van der Waals surface area (Å²) in [7, 11) is 0. The van der Waals surface area contributed by atoms with Gasteiger partial charge in [-0.05, 0) is 60.5 Å². The zero-order valence-electron chi connectivity index (χ0n) is 16.6. The minimum atomic E-state index is -2.79. The molecule has 0 N–H and O–H groups in total. The molecule has 3 rings (SSSR count). The lowest BCUT2D eigenvalue weighted by Gasteiger charge is -2.29. The van der Waals surface area contributed by atoms with E-state index in [4.69, 9.17) is 4.74 Å². The van der Waals surface area contributed by atoms with Crippen LogP contribution in [0.1, 0.15) is 82.3 Å². The van der Waals surface area contributed by atoms with Gasteiger partial charge >= 0.3 is 6.61 Å². The van der Waals surface area contributed by atoms with Crippen molar-refractivity contribution in [3.63, 3.8) is 0 Å². The highest BCUT2D eigenvalue weighted by molar-refractivity contribution is 5.90. The molecule has 0 radical (unpaired) electrons. The summed E-state index contributed by atoms with van der Waals surface area (Å²) in [6.07, 6.45) is 11.2. The average molecular weight is 375 g/mol. The summed E-state index contributed by atoms with van der Waals surface area (Å²) in [5.74, 6) is 1.84. The van der Waals surface area contributed by atoms with Gasteiger partial charge in [-0.2, -0.15) is 8.78 Å². The Morgan fingerprint density at radius 2 is 1.78 bits per heavy atom. The molecule has 0 saturated heterocycles. The van der Waals surface area contributed by atoms with Crippen LogP contribution in [0.25, 0.3) is 10.8 Å². The van der Waals surface area contributed by atoms with Crippen molar-refractivity contribution < 1.29 is 13.5 Å². The van der Waals surface area contributed by atoms with E-state index >= 15 is 0 Å². The standard InChI is InChI=1S/C24H32F2O/c1-3-5-6-7-17-8-10-19(11-9-17)20-14-15-22-21(16-20)13-12-18(4-2)23(22)27-24(25)26/h12-17,19,24H,3-11H2,1-2H3. The first kappa shape index (κ1) is 20.1. The summed E-state index contributed by atoms with van der Waals surface area (Å²) in [6.45, 7) is 1.44. The molecule has 1 nitrogen and oxygen atoms in total. The molecule has 0 spiro atoms.